The third-order valence-corrected chi connectivity index (χ3v) is 3.38. The SMILES string of the molecule is COc1ccc2nc(SCC[NH+](C)C)[nH]c2c1. The van der Waals surface area contributed by atoms with Gasteiger partial charge in [-0.15, -0.1) is 0 Å². The number of thioether (sulfide) groups is 1. The zero-order valence-electron chi connectivity index (χ0n) is 10.4. The van der Waals surface area contributed by atoms with E-state index in [1.165, 1.54) is 4.90 Å². The maximum Gasteiger partial charge on any atom is 0.166 e. The Morgan fingerprint density at radius 1 is 1.41 bits per heavy atom. The van der Waals surface area contributed by atoms with E-state index in [1.54, 1.807) is 18.9 Å². The second kappa shape index (κ2) is 5.42. The lowest BCUT2D eigenvalue weighted by Crippen LogP contribution is -3.06. The molecule has 1 heterocycles. The highest BCUT2D eigenvalue weighted by atomic mass is 32.2. The van der Waals surface area contributed by atoms with E-state index in [0.29, 0.717) is 0 Å². The number of nitrogens with zero attached hydrogens (tertiary/aromatic N) is 1. The summed E-state index contributed by atoms with van der Waals surface area (Å²) in [4.78, 5) is 9.29. The van der Waals surface area contributed by atoms with Gasteiger partial charge < -0.3 is 14.6 Å². The van der Waals surface area contributed by atoms with E-state index in [1.807, 2.05) is 18.2 Å². The molecular formula is C12H18N3OS+. The minimum Gasteiger partial charge on any atom is -0.497 e. The zero-order valence-corrected chi connectivity index (χ0v) is 11.2. The van der Waals surface area contributed by atoms with Crippen molar-refractivity contribution in [2.24, 2.45) is 0 Å². The van der Waals surface area contributed by atoms with Crippen molar-refractivity contribution < 1.29 is 9.64 Å². The van der Waals surface area contributed by atoms with Gasteiger partial charge in [0, 0.05) is 6.07 Å². The molecule has 0 fully saturated rings. The second-order valence-electron chi connectivity index (χ2n) is 4.23. The number of aromatic nitrogens is 2. The quantitative estimate of drug-likeness (QED) is 0.774. The van der Waals surface area contributed by atoms with Gasteiger partial charge in [-0.2, -0.15) is 0 Å². The molecule has 0 spiro atoms. The molecule has 0 bridgehead atoms. The molecule has 2 aromatic rings. The third-order valence-electron chi connectivity index (χ3n) is 2.51. The van der Waals surface area contributed by atoms with Gasteiger partial charge in [-0.25, -0.2) is 4.98 Å². The van der Waals surface area contributed by atoms with E-state index in [4.69, 9.17) is 4.74 Å². The van der Waals surface area contributed by atoms with Crippen LogP contribution in [0, 0.1) is 0 Å². The highest BCUT2D eigenvalue weighted by Gasteiger charge is 2.05. The molecule has 0 aliphatic carbocycles. The molecule has 4 nitrogen and oxygen atoms in total. The van der Waals surface area contributed by atoms with Gasteiger partial charge in [-0.05, 0) is 12.1 Å². The van der Waals surface area contributed by atoms with Crippen LogP contribution in [0.25, 0.3) is 11.0 Å². The summed E-state index contributed by atoms with van der Waals surface area (Å²) >= 11 is 1.76. The lowest BCUT2D eigenvalue weighted by Gasteiger charge is -2.04. The van der Waals surface area contributed by atoms with Crippen LogP contribution in [0.4, 0.5) is 0 Å². The van der Waals surface area contributed by atoms with Crippen LogP contribution in [-0.4, -0.2) is 43.5 Å². The molecule has 0 unspecified atom stereocenters. The van der Waals surface area contributed by atoms with E-state index in [-0.39, 0.29) is 0 Å². The van der Waals surface area contributed by atoms with Crippen LogP contribution in [0.5, 0.6) is 5.75 Å². The van der Waals surface area contributed by atoms with E-state index >= 15 is 0 Å². The van der Waals surface area contributed by atoms with Crippen LogP contribution >= 0.6 is 11.8 Å². The molecule has 5 heteroatoms. The lowest BCUT2D eigenvalue weighted by atomic mass is 10.3. The van der Waals surface area contributed by atoms with Gasteiger partial charge in [0.25, 0.3) is 0 Å². The van der Waals surface area contributed by atoms with Crippen LogP contribution < -0.4 is 9.64 Å². The highest BCUT2D eigenvalue weighted by molar-refractivity contribution is 7.99. The highest BCUT2D eigenvalue weighted by Crippen LogP contribution is 2.22. The van der Waals surface area contributed by atoms with Crippen molar-refractivity contribution in [3.05, 3.63) is 18.2 Å². The molecule has 0 saturated carbocycles. The Bertz CT molecular complexity index is 495. The molecule has 0 aliphatic rings. The fourth-order valence-electron chi connectivity index (χ4n) is 1.51. The summed E-state index contributed by atoms with van der Waals surface area (Å²) in [7, 11) is 5.99. The Morgan fingerprint density at radius 3 is 2.94 bits per heavy atom. The number of benzene rings is 1. The molecule has 17 heavy (non-hydrogen) atoms. The Balaban J connectivity index is 2.09. The van der Waals surface area contributed by atoms with Crippen molar-refractivity contribution in [2.45, 2.75) is 5.16 Å². The second-order valence-corrected chi connectivity index (χ2v) is 5.31. The van der Waals surface area contributed by atoms with Gasteiger partial charge in [0.2, 0.25) is 0 Å². The topological polar surface area (TPSA) is 42.4 Å². The smallest absolute Gasteiger partial charge is 0.166 e. The Hall–Kier alpha value is -1.20. The average Bonchev–Trinajstić information content (AvgIpc) is 2.69. The Labute approximate surface area is 105 Å². The third kappa shape index (κ3) is 3.14. The standard InChI is InChI=1S/C12H17N3OS/c1-15(2)6-7-17-12-13-10-5-4-9(16-3)8-11(10)14-12/h4-5,8H,6-7H2,1-3H3,(H,13,14)/p+1. The minimum atomic E-state index is 0.857. The summed E-state index contributed by atoms with van der Waals surface area (Å²) < 4.78 is 5.19. The Morgan fingerprint density at radius 2 is 2.24 bits per heavy atom. The first kappa shape index (κ1) is 12.3. The van der Waals surface area contributed by atoms with Crippen molar-refractivity contribution >= 4 is 22.8 Å². The van der Waals surface area contributed by atoms with Crippen LogP contribution in [0.1, 0.15) is 0 Å². The van der Waals surface area contributed by atoms with Crippen LogP contribution in [0.2, 0.25) is 0 Å². The predicted molar refractivity (Wildman–Crippen MR) is 71.0 cm³/mol. The molecule has 0 amide bonds. The lowest BCUT2D eigenvalue weighted by molar-refractivity contribution is -0.855. The molecule has 2 rings (SSSR count). The van der Waals surface area contributed by atoms with E-state index in [2.05, 4.69) is 24.1 Å². The molecule has 1 aromatic heterocycles. The normalized spacial score (nSPS) is 11.3. The van der Waals surface area contributed by atoms with Crippen LogP contribution in [0.15, 0.2) is 23.4 Å². The van der Waals surface area contributed by atoms with Crippen molar-refractivity contribution in [1.82, 2.24) is 9.97 Å². The zero-order chi connectivity index (χ0) is 12.3. The number of H-pyrrole nitrogens is 1. The first-order valence-corrected chi connectivity index (χ1v) is 6.63. The first-order chi connectivity index (χ1) is 8.19. The fourth-order valence-corrected chi connectivity index (χ4v) is 2.56. The number of fused-ring (bicyclic) bond motifs is 1. The maximum absolute atomic E-state index is 5.19. The molecule has 92 valence electrons. The van der Waals surface area contributed by atoms with Gasteiger partial charge in [0.15, 0.2) is 5.16 Å². The van der Waals surface area contributed by atoms with Gasteiger partial charge in [-0.3, -0.25) is 0 Å². The van der Waals surface area contributed by atoms with Gasteiger partial charge in [0.05, 0.1) is 44.5 Å². The number of hydrogen-bond donors (Lipinski definition) is 2. The molecule has 0 aliphatic heterocycles. The average molecular weight is 252 g/mol. The van der Waals surface area contributed by atoms with Crippen molar-refractivity contribution in [3.8, 4) is 5.75 Å². The fraction of sp³-hybridized carbons (Fsp3) is 0.417. The van der Waals surface area contributed by atoms with E-state index in [9.17, 15) is 0 Å². The number of methoxy groups -OCH3 is 1. The molecule has 0 saturated heterocycles. The van der Waals surface area contributed by atoms with Crippen molar-refractivity contribution in [3.63, 3.8) is 0 Å². The summed E-state index contributed by atoms with van der Waals surface area (Å²) in [5.74, 6) is 1.93. The van der Waals surface area contributed by atoms with Crippen LogP contribution in [0.3, 0.4) is 0 Å². The summed E-state index contributed by atoms with van der Waals surface area (Å²) in [5, 5.41) is 0.981. The molecular weight excluding hydrogens is 234 g/mol. The number of aromatic amines is 1. The number of imidazole rings is 1. The maximum atomic E-state index is 5.19. The number of nitrogens with one attached hydrogen (secondary N) is 2. The van der Waals surface area contributed by atoms with Crippen molar-refractivity contribution in [2.75, 3.05) is 33.5 Å². The van der Waals surface area contributed by atoms with E-state index < -0.39 is 0 Å². The molecule has 0 atom stereocenters. The summed E-state index contributed by atoms with van der Waals surface area (Å²) in [6.07, 6.45) is 0. The first-order valence-electron chi connectivity index (χ1n) is 5.64. The largest absolute Gasteiger partial charge is 0.497 e. The van der Waals surface area contributed by atoms with Gasteiger partial charge in [-0.1, -0.05) is 11.8 Å². The number of quaternary nitrogens is 1. The Kier molecular flexibility index (Phi) is 3.91. The predicted octanol–water partition coefficient (Wildman–Crippen LogP) is 0.808. The monoisotopic (exact) mass is 252 g/mol. The number of ether oxygens (including phenoxy) is 1. The minimum absolute atomic E-state index is 0.857. The van der Waals surface area contributed by atoms with Crippen LogP contribution in [-0.2, 0) is 0 Å². The van der Waals surface area contributed by atoms with Gasteiger partial charge >= 0.3 is 0 Å². The summed E-state index contributed by atoms with van der Waals surface area (Å²) in [6.45, 7) is 1.13. The number of rotatable bonds is 5. The number of hydrogen-bond acceptors (Lipinski definition) is 3. The van der Waals surface area contributed by atoms with Gasteiger partial charge in [0.1, 0.15) is 5.75 Å². The molecule has 1 aromatic carbocycles. The molecule has 2 N–H and O–H groups in total. The summed E-state index contributed by atoms with van der Waals surface area (Å²) in [6, 6.07) is 5.89. The van der Waals surface area contributed by atoms with E-state index in [0.717, 1.165) is 34.2 Å². The molecule has 0 radical (unpaired) electrons. The summed E-state index contributed by atoms with van der Waals surface area (Å²) in [5.41, 5.74) is 2.02. The van der Waals surface area contributed by atoms with Crippen molar-refractivity contribution in [1.29, 1.82) is 0 Å².